The topological polar surface area (TPSA) is 79.8 Å². The maximum atomic E-state index is 14.1. The van der Waals surface area contributed by atoms with Crippen LogP contribution in [0.1, 0.15) is 24.0 Å². The third-order valence-electron chi connectivity index (χ3n) is 6.71. The molecule has 1 saturated heterocycles. The standard InChI is InChI=1S/C28H29N3O4S2/c1-20-15-16-24(35-2)25-26(20)36-28(29-25)31(18-21-10-5-3-6-11-21)27(32)22-12-9-17-30(19-22)37(33,34)23-13-7-4-8-14-23/h3-8,10-11,13-16,22H,9,12,17-19H2,1-2H3. The van der Waals surface area contributed by atoms with E-state index in [0.29, 0.717) is 36.8 Å². The lowest BCUT2D eigenvalue weighted by atomic mass is 9.98. The number of aryl methyl sites for hydroxylation is 1. The summed E-state index contributed by atoms with van der Waals surface area (Å²) in [5.41, 5.74) is 2.76. The van der Waals surface area contributed by atoms with Crippen molar-refractivity contribution >= 4 is 42.6 Å². The lowest BCUT2D eigenvalue weighted by molar-refractivity contribution is -0.123. The van der Waals surface area contributed by atoms with E-state index in [0.717, 1.165) is 21.3 Å². The van der Waals surface area contributed by atoms with Crippen LogP contribution < -0.4 is 9.64 Å². The zero-order valence-electron chi connectivity index (χ0n) is 20.8. The molecule has 0 N–H and O–H groups in total. The molecule has 192 valence electrons. The normalized spacial score (nSPS) is 16.5. The number of carbonyl (C=O) groups is 1. The molecule has 0 spiro atoms. The summed E-state index contributed by atoms with van der Waals surface area (Å²) in [5, 5.41) is 0.583. The number of methoxy groups -OCH3 is 1. The fourth-order valence-corrected chi connectivity index (χ4v) is 7.31. The molecular weight excluding hydrogens is 506 g/mol. The third-order valence-corrected chi connectivity index (χ3v) is 9.80. The summed E-state index contributed by atoms with van der Waals surface area (Å²) in [7, 11) is -2.07. The van der Waals surface area contributed by atoms with E-state index in [1.807, 2.05) is 49.4 Å². The molecule has 0 radical (unpaired) electrons. The van der Waals surface area contributed by atoms with Crippen LogP contribution in [0.15, 0.2) is 77.7 Å². The molecule has 2 heterocycles. The summed E-state index contributed by atoms with van der Waals surface area (Å²) >= 11 is 1.46. The first-order chi connectivity index (χ1) is 17.9. The van der Waals surface area contributed by atoms with Crippen LogP contribution in [0.2, 0.25) is 0 Å². The lowest BCUT2D eigenvalue weighted by Gasteiger charge is -2.33. The highest BCUT2D eigenvalue weighted by molar-refractivity contribution is 7.89. The summed E-state index contributed by atoms with van der Waals surface area (Å²) in [6.07, 6.45) is 1.24. The van der Waals surface area contributed by atoms with Gasteiger partial charge in [-0.15, -0.1) is 0 Å². The van der Waals surface area contributed by atoms with Crippen molar-refractivity contribution in [3.05, 3.63) is 83.9 Å². The summed E-state index contributed by atoms with van der Waals surface area (Å²) in [6.45, 7) is 2.91. The Balaban J connectivity index is 1.49. The molecule has 4 aromatic rings. The Morgan fingerprint density at radius 3 is 2.49 bits per heavy atom. The second-order valence-corrected chi connectivity index (χ2v) is 12.1. The number of sulfonamides is 1. The van der Waals surface area contributed by atoms with Crippen LogP contribution in [0.5, 0.6) is 5.75 Å². The summed E-state index contributed by atoms with van der Waals surface area (Å²) in [4.78, 5) is 20.9. The van der Waals surface area contributed by atoms with E-state index in [-0.39, 0.29) is 17.3 Å². The van der Waals surface area contributed by atoms with Crippen LogP contribution in [-0.2, 0) is 21.4 Å². The number of carbonyl (C=O) groups excluding carboxylic acids is 1. The summed E-state index contributed by atoms with van der Waals surface area (Å²) in [6, 6.07) is 22.1. The second-order valence-electron chi connectivity index (χ2n) is 9.18. The minimum Gasteiger partial charge on any atom is -0.494 e. The van der Waals surface area contributed by atoms with E-state index in [1.165, 1.54) is 15.6 Å². The van der Waals surface area contributed by atoms with Gasteiger partial charge < -0.3 is 4.74 Å². The molecule has 0 saturated carbocycles. The molecule has 0 bridgehead atoms. The molecule has 7 nitrogen and oxygen atoms in total. The number of hydrogen-bond acceptors (Lipinski definition) is 6. The van der Waals surface area contributed by atoms with Gasteiger partial charge in [0.1, 0.15) is 11.3 Å². The number of fused-ring (bicyclic) bond motifs is 1. The molecule has 1 unspecified atom stereocenters. The Morgan fingerprint density at radius 1 is 1.08 bits per heavy atom. The monoisotopic (exact) mass is 535 g/mol. The Hall–Kier alpha value is -3.27. The van der Waals surface area contributed by atoms with Gasteiger partial charge in [-0.05, 0) is 49.1 Å². The molecule has 1 atom stereocenters. The Kier molecular flexibility index (Phi) is 7.28. The molecule has 1 aliphatic rings. The zero-order valence-corrected chi connectivity index (χ0v) is 22.5. The molecular formula is C28H29N3O4S2. The second kappa shape index (κ2) is 10.6. The van der Waals surface area contributed by atoms with Crippen molar-refractivity contribution in [1.29, 1.82) is 0 Å². The zero-order chi connectivity index (χ0) is 26.0. The maximum Gasteiger partial charge on any atom is 0.243 e. The molecule has 1 amide bonds. The van der Waals surface area contributed by atoms with Crippen LogP contribution in [0.3, 0.4) is 0 Å². The first kappa shape index (κ1) is 25.4. The van der Waals surface area contributed by atoms with Gasteiger partial charge in [0.25, 0.3) is 0 Å². The smallest absolute Gasteiger partial charge is 0.243 e. The van der Waals surface area contributed by atoms with E-state index < -0.39 is 15.9 Å². The molecule has 5 rings (SSSR count). The summed E-state index contributed by atoms with van der Waals surface area (Å²) in [5.74, 6) is 0.0754. The molecule has 9 heteroatoms. The third kappa shape index (κ3) is 5.12. The number of hydrogen-bond donors (Lipinski definition) is 0. The van der Waals surface area contributed by atoms with Crippen molar-refractivity contribution in [3.8, 4) is 5.75 Å². The minimum atomic E-state index is -3.68. The Morgan fingerprint density at radius 2 is 1.78 bits per heavy atom. The number of rotatable bonds is 7. The van der Waals surface area contributed by atoms with Crippen molar-refractivity contribution in [2.45, 2.75) is 31.2 Å². The van der Waals surface area contributed by atoms with Gasteiger partial charge in [-0.25, -0.2) is 13.4 Å². The van der Waals surface area contributed by atoms with Crippen LogP contribution in [0, 0.1) is 12.8 Å². The molecule has 3 aromatic carbocycles. The van der Waals surface area contributed by atoms with E-state index in [9.17, 15) is 13.2 Å². The number of ether oxygens (including phenoxy) is 1. The fourth-order valence-electron chi connectivity index (χ4n) is 4.71. The van der Waals surface area contributed by atoms with E-state index >= 15 is 0 Å². The van der Waals surface area contributed by atoms with Crippen molar-refractivity contribution in [3.63, 3.8) is 0 Å². The van der Waals surface area contributed by atoms with Gasteiger partial charge in [-0.3, -0.25) is 9.69 Å². The number of aromatic nitrogens is 1. The molecule has 0 aliphatic carbocycles. The maximum absolute atomic E-state index is 14.1. The molecule has 37 heavy (non-hydrogen) atoms. The number of benzene rings is 3. The lowest BCUT2D eigenvalue weighted by Crippen LogP contribution is -2.46. The van der Waals surface area contributed by atoms with Gasteiger partial charge in [-0.2, -0.15) is 4.31 Å². The van der Waals surface area contributed by atoms with Gasteiger partial charge in [0.2, 0.25) is 15.9 Å². The molecule has 1 aromatic heterocycles. The van der Waals surface area contributed by atoms with Gasteiger partial charge in [0.15, 0.2) is 5.13 Å². The Bertz CT molecular complexity index is 1500. The van der Waals surface area contributed by atoms with Crippen molar-refractivity contribution in [2.24, 2.45) is 5.92 Å². The molecule has 1 fully saturated rings. The van der Waals surface area contributed by atoms with Crippen LogP contribution >= 0.6 is 11.3 Å². The summed E-state index contributed by atoms with van der Waals surface area (Å²) < 4.78 is 34.5. The van der Waals surface area contributed by atoms with Gasteiger partial charge in [-0.1, -0.05) is 65.9 Å². The molecule has 1 aliphatic heterocycles. The van der Waals surface area contributed by atoms with Gasteiger partial charge in [0.05, 0.1) is 29.2 Å². The fraction of sp³-hybridized carbons (Fsp3) is 0.286. The average molecular weight is 536 g/mol. The number of thiazole rings is 1. The quantitative estimate of drug-likeness (QED) is 0.323. The van der Waals surface area contributed by atoms with E-state index in [4.69, 9.17) is 9.72 Å². The first-order valence-corrected chi connectivity index (χ1v) is 14.5. The average Bonchev–Trinajstić information content (AvgIpc) is 3.39. The van der Waals surface area contributed by atoms with Crippen molar-refractivity contribution in [2.75, 3.05) is 25.1 Å². The Labute approximate surface area is 221 Å². The van der Waals surface area contributed by atoms with Crippen molar-refractivity contribution in [1.82, 2.24) is 9.29 Å². The highest BCUT2D eigenvalue weighted by Crippen LogP contribution is 2.38. The van der Waals surface area contributed by atoms with Crippen LogP contribution in [0.4, 0.5) is 5.13 Å². The van der Waals surface area contributed by atoms with Crippen molar-refractivity contribution < 1.29 is 17.9 Å². The first-order valence-electron chi connectivity index (χ1n) is 12.2. The SMILES string of the molecule is COc1ccc(C)c2sc(N(Cc3ccccc3)C(=O)C3CCCN(S(=O)(=O)c4ccccc4)C3)nc12. The predicted octanol–water partition coefficient (Wildman–Crippen LogP) is 5.25. The number of amides is 1. The minimum absolute atomic E-state index is 0.118. The number of piperidine rings is 1. The van der Waals surface area contributed by atoms with Crippen LogP contribution in [-0.4, -0.2) is 43.8 Å². The largest absolute Gasteiger partial charge is 0.494 e. The predicted molar refractivity (Wildman–Crippen MR) is 146 cm³/mol. The van der Waals surface area contributed by atoms with E-state index in [1.54, 1.807) is 42.3 Å². The van der Waals surface area contributed by atoms with Gasteiger partial charge in [0, 0.05) is 13.1 Å². The highest BCUT2D eigenvalue weighted by atomic mass is 32.2. The number of anilines is 1. The van der Waals surface area contributed by atoms with Gasteiger partial charge >= 0.3 is 0 Å². The van der Waals surface area contributed by atoms with E-state index in [2.05, 4.69) is 0 Å². The number of nitrogens with zero attached hydrogens (tertiary/aromatic N) is 3. The van der Waals surface area contributed by atoms with Crippen LogP contribution in [0.25, 0.3) is 10.2 Å². The highest BCUT2D eigenvalue weighted by Gasteiger charge is 2.36.